The van der Waals surface area contributed by atoms with Crippen LogP contribution in [0.25, 0.3) is 5.65 Å². The van der Waals surface area contributed by atoms with Crippen LogP contribution in [0.1, 0.15) is 35.4 Å². The SMILES string of the molecule is O=c1c2c(nc3cc(C#Cc4ccccn4)ccn13)CC1CCCN1C2. The minimum absolute atomic E-state index is 0.0552. The van der Waals surface area contributed by atoms with Gasteiger partial charge in [-0.3, -0.25) is 14.1 Å². The van der Waals surface area contributed by atoms with E-state index in [0.717, 1.165) is 42.0 Å². The summed E-state index contributed by atoms with van der Waals surface area (Å²) in [6.07, 6.45) is 6.81. The third-order valence-electron chi connectivity index (χ3n) is 5.30. The summed E-state index contributed by atoms with van der Waals surface area (Å²) in [6, 6.07) is 9.95. The van der Waals surface area contributed by atoms with E-state index < -0.39 is 0 Å². The highest BCUT2D eigenvalue weighted by molar-refractivity contribution is 5.50. The molecule has 1 unspecified atom stereocenters. The zero-order chi connectivity index (χ0) is 17.5. The highest BCUT2D eigenvalue weighted by Gasteiger charge is 2.32. The highest BCUT2D eigenvalue weighted by Crippen LogP contribution is 2.27. The van der Waals surface area contributed by atoms with Crippen LogP contribution >= 0.6 is 0 Å². The van der Waals surface area contributed by atoms with Crippen molar-refractivity contribution in [3.63, 3.8) is 0 Å². The molecule has 0 aromatic carbocycles. The van der Waals surface area contributed by atoms with Gasteiger partial charge in [0.2, 0.25) is 0 Å². The molecule has 2 aliphatic rings. The van der Waals surface area contributed by atoms with Gasteiger partial charge >= 0.3 is 0 Å². The monoisotopic (exact) mass is 342 g/mol. The molecule has 0 amide bonds. The summed E-state index contributed by atoms with van der Waals surface area (Å²) in [7, 11) is 0. The molecule has 5 nitrogen and oxygen atoms in total. The number of hydrogen-bond acceptors (Lipinski definition) is 4. The first-order chi connectivity index (χ1) is 12.8. The van der Waals surface area contributed by atoms with Gasteiger partial charge in [-0.2, -0.15) is 0 Å². The average molecular weight is 342 g/mol. The number of aromatic nitrogens is 3. The molecule has 128 valence electrons. The Labute approximate surface area is 151 Å². The normalized spacial score (nSPS) is 18.8. The fraction of sp³-hybridized carbons (Fsp3) is 0.286. The second-order valence-corrected chi connectivity index (χ2v) is 6.92. The lowest BCUT2D eigenvalue weighted by Crippen LogP contribution is -2.40. The second-order valence-electron chi connectivity index (χ2n) is 6.92. The lowest BCUT2D eigenvalue weighted by Gasteiger charge is -2.30. The van der Waals surface area contributed by atoms with Gasteiger partial charge in [-0.05, 0) is 49.6 Å². The lowest BCUT2D eigenvalue weighted by molar-refractivity contribution is 0.223. The maximum absolute atomic E-state index is 12.9. The predicted octanol–water partition coefficient (Wildman–Crippen LogP) is 2.01. The minimum atomic E-state index is 0.0552. The number of nitrogens with zero attached hydrogens (tertiary/aromatic N) is 4. The second kappa shape index (κ2) is 6.08. The van der Waals surface area contributed by atoms with Gasteiger partial charge < -0.3 is 0 Å². The molecule has 2 aliphatic heterocycles. The zero-order valence-corrected chi connectivity index (χ0v) is 14.4. The Bertz CT molecular complexity index is 1110. The van der Waals surface area contributed by atoms with Crippen molar-refractivity contribution in [1.82, 2.24) is 19.3 Å². The van der Waals surface area contributed by atoms with Crippen LogP contribution in [0.4, 0.5) is 0 Å². The summed E-state index contributed by atoms with van der Waals surface area (Å²) < 4.78 is 1.64. The smallest absolute Gasteiger partial charge is 0.262 e. The average Bonchev–Trinajstić information content (AvgIpc) is 3.13. The summed E-state index contributed by atoms with van der Waals surface area (Å²) in [5, 5.41) is 0. The van der Waals surface area contributed by atoms with E-state index in [4.69, 9.17) is 4.98 Å². The molecule has 0 radical (unpaired) electrons. The van der Waals surface area contributed by atoms with Crippen LogP contribution in [0.5, 0.6) is 0 Å². The van der Waals surface area contributed by atoms with Crippen molar-refractivity contribution in [2.75, 3.05) is 6.54 Å². The predicted molar refractivity (Wildman–Crippen MR) is 98.8 cm³/mol. The van der Waals surface area contributed by atoms with E-state index in [1.165, 1.54) is 12.8 Å². The van der Waals surface area contributed by atoms with Crippen molar-refractivity contribution in [3.05, 3.63) is 75.6 Å². The van der Waals surface area contributed by atoms with E-state index in [0.29, 0.717) is 11.7 Å². The summed E-state index contributed by atoms with van der Waals surface area (Å²) >= 11 is 0. The summed E-state index contributed by atoms with van der Waals surface area (Å²) in [4.78, 5) is 24.3. The lowest BCUT2D eigenvalue weighted by atomic mass is 10.00. The summed E-state index contributed by atoms with van der Waals surface area (Å²) in [6.45, 7) is 1.82. The van der Waals surface area contributed by atoms with Crippen molar-refractivity contribution in [3.8, 4) is 11.8 Å². The standard InChI is InChI=1S/C21H18N4O/c26-21-18-14-24-10-3-5-17(24)13-19(18)23-20-12-15(8-11-25(20)21)6-7-16-4-1-2-9-22-16/h1-2,4,8-9,11-12,17H,3,5,10,13-14H2. The first-order valence-corrected chi connectivity index (χ1v) is 8.99. The highest BCUT2D eigenvalue weighted by atomic mass is 16.1. The van der Waals surface area contributed by atoms with Crippen LogP contribution in [0.15, 0.2) is 47.5 Å². The van der Waals surface area contributed by atoms with Crippen molar-refractivity contribution < 1.29 is 0 Å². The van der Waals surface area contributed by atoms with E-state index in [-0.39, 0.29) is 5.56 Å². The zero-order valence-electron chi connectivity index (χ0n) is 14.4. The van der Waals surface area contributed by atoms with Gasteiger partial charge in [-0.25, -0.2) is 9.97 Å². The molecule has 0 N–H and O–H groups in total. The molecule has 3 aromatic rings. The fourth-order valence-electron chi connectivity index (χ4n) is 3.96. The molecule has 1 atom stereocenters. The van der Waals surface area contributed by atoms with Gasteiger partial charge in [-0.1, -0.05) is 12.0 Å². The Balaban J connectivity index is 1.56. The Kier molecular flexibility index (Phi) is 3.58. The third kappa shape index (κ3) is 2.59. The first kappa shape index (κ1) is 15.3. The van der Waals surface area contributed by atoms with Gasteiger partial charge in [0.1, 0.15) is 11.3 Å². The molecule has 0 bridgehead atoms. The number of pyridine rings is 2. The molecule has 1 saturated heterocycles. The molecule has 0 aliphatic carbocycles. The summed E-state index contributed by atoms with van der Waals surface area (Å²) in [5.74, 6) is 6.16. The molecular formula is C21H18N4O. The Morgan fingerprint density at radius 3 is 3.04 bits per heavy atom. The van der Waals surface area contributed by atoms with Crippen LogP contribution in [0.2, 0.25) is 0 Å². The molecule has 5 rings (SSSR count). The molecule has 3 aromatic heterocycles. The van der Waals surface area contributed by atoms with Crippen molar-refractivity contribution in [2.24, 2.45) is 0 Å². The Hall–Kier alpha value is -2.97. The van der Waals surface area contributed by atoms with Crippen LogP contribution in [0.3, 0.4) is 0 Å². The Morgan fingerprint density at radius 2 is 2.15 bits per heavy atom. The van der Waals surface area contributed by atoms with Crippen LogP contribution in [-0.2, 0) is 13.0 Å². The maximum atomic E-state index is 12.9. The van der Waals surface area contributed by atoms with Crippen molar-refractivity contribution in [2.45, 2.75) is 31.8 Å². The maximum Gasteiger partial charge on any atom is 0.262 e. The number of fused-ring (bicyclic) bond motifs is 3. The van der Waals surface area contributed by atoms with Crippen LogP contribution in [-0.4, -0.2) is 31.9 Å². The molecule has 26 heavy (non-hydrogen) atoms. The largest absolute Gasteiger partial charge is 0.295 e. The van der Waals surface area contributed by atoms with E-state index in [9.17, 15) is 4.79 Å². The van der Waals surface area contributed by atoms with Crippen molar-refractivity contribution >= 4 is 5.65 Å². The topological polar surface area (TPSA) is 50.5 Å². The molecule has 0 spiro atoms. The van der Waals surface area contributed by atoms with E-state index >= 15 is 0 Å². The molecule has 5 heterocycles. The summed E-state index contributed by atoms with van der Waals surface area (Å²) in [5.41, 5.74) is 4.11. The van der Waals surface area contributed by atoms with Gasteiger partial charge in [-0.15, -0.1) is 0 Å². The van der Waals surface area contributed by atoms with Gasteiger partial charge in [0.15, 0.2) is 0 Å². The van der Waals surface area contributed by atoms with E-state index in [1.807, 2.05) is 30.3 Å². The van der Waals surface area contributed by atoms with Gasteiger partial charge in [0.05, 0.1) is 11.3 Å². The van der Waals surface area contributed by atoms with Crippen molar-refractivity contribution in [1.29, 1.82) is 0 Å². The molecule has 0 saturated carbocycles. The fourth-order valence-corrected chi connectivity index (χ4v) is 3.96. The molecule has 5 heteroatoms. The van der Waals surface area contributed by atoms with Gasteiger partial charge in [0.25, 0.3) is 5.56 Å². The first-order valence-electron chi connectivity index (χ1n) is 8.99. The minimum Gasteiger partial charge on any atom is -0.295 e. The van der Waals surface area contributed by atoms with E-state index in [2.05, 4.69) is 21.7 Å². The quantitative estimate of drug-likeness (QED) is 0.587. The molecule has 1 fully saturated rings. The number of hydrogen-bond donors (Lipinski definition) is 0. The van der Waals surface area contributed by atoms with Gasteiger partial charge in [0, 0.05) is 37.0 Å². The third-order valence-corrected chi connectivity index (χ3v) is 5.30. The Morgan fingerprint density at radius 1 is 1.19 bits per heavy atom. The van der Waals surface area contributed by atoms with E-state index in [1.54, 1.807) is 16.8 Å². The molecular weight excluding hydrogens is 324 g/mol. The number of rotatable bonds is 0. The van der Waals surface area contributed by atoms with Crippen LogP contribution in [0, 0.1) is 11.8 Å². The van der Waals surface area contributed by atoms with Crippen LogP contribution < -0.4 is 5.56 Å².